The maximum Gasteiger partial charge on any atom is 0.255 e. The summed E-state index contributed by atoms with van der Waals surface area (Å²) in [5, 5.41) is 0.771. The lowest BCUT2D eigenvalue weighted by atomic mass is 9.93. The molecule has 6 nitrogen and oxygen atoms in total. The number of hydrogen-bond donors (Lipinski definition) is 1. The number of carbonyl (C=O) groups excluding carboxylic acids is 2. The topological polar surface area (TPSA) is 81.9 Å². The first kappa shape index (κ1) is 23.2. The Labute approximate surface area is 192 Å². The fourth-order valence-corrected chi connectivity index (χ4v) is 4.13. The van der Waals surface area contributed by atoms with E-state index in [4.69, 9.17) is 38.4 Å². The quantitative estimate of drug-likeness (QED) is 0.605. The Balaban J connectivity index is 1.86. The van der Waals surface area contributed by atoms with Crippen LogP contribution in [0, 0.1) is 0 Å². The van der Waals surface area contributed by atoms with E-state index in [1.54, 1.807) is 24.3 Å². The molecule has 3 rings (SSSR count). The fraction of sp³-hybridized carbons (Fsp3) is 0.391. The molecule has 0 bridgehead atoms. The maximum atomic E-state index is 13.4. The number of ether oxygens (including phenoxy) is 2. The van der Waals surface area contributed by atoms with Crippen molar-refractivity contribution >= 4 is 35.0 Å². The standard InChI is InChI=1S/C23H26Cl2N2O4/c1-30-21-11-15(7-10-20(21)31-14-22(26)28)13-27(17-5-3-2-4-6-17)23(29)16-8-9-18(24)19(25)12-16/h7-12,17H,2-6,13-14H2,1H3,(H2,26,28). The van der Waals surface area contributed by atoms with Gasteiger partial charge in [0.25, 0.3) is 11.8 Å². The van der Waals surface area contributed by atoms with Gasteiger partial charge >= 0.3 is 0 Å². The number of nitrogens with zero attached hydrogens (tertiary/aromatic N) is 1. The van der Waals surface area contributed by atoms with Gasteiger partial charge in [-0.15, -0.1) is 0 Å². The average Bonchev–Trinajstić information content (AvgIpc) is 2.78. The molecule has 0 aromatic heterocycles. The molecule has 166 valence electrons. The van der Waals surface area contributed by atoms with Crippen molar-refractivity contribution in [3.05, 3.63) is 57.6 Å². The van der Waals surface area contributed by atoms with Crippen LogP contribution >= 0.6 is 23.2 Å². The largest absolute Gasteiger partial charge is 0.493 e. The number of rotatable bonds is 8. The number of methoxy groups -OCH3 is 1. The van der Waals surface area contributed by atoms with Gasteiger partial charge in [-0.2, -0.15) is 0 Å². The highest BCUT2D eigenvalue weighted by Gasteiger charge is 2.27. The first-order valence-electron chi connectivity index (χ1n) is 10.2. The second kappa shape index (κ2) is 10.7. The van der Waals surface area contributed by atoms with Gasteiger partial charge < -0.3 is 20.1 Å². The molecule has 1 aliphatic rings. The Morgan fingerprint density at radius 2 is 1.77 bits per heavy atom. The van der Waals surface area contributed by atoms with Gasteiger partial charge in [-0.25, -0.2) is 0 Å². The van der Waals surface area contributed by atoms with E-state index < -0.39 is 5.91 Å². The SMILES string of the molecule is COc1cc(CN(C(=O)c2ccc(Cl)c(Cl)c2)C2CCCCC2)ccc1OCC(N)=O. The monoisotopic (exact) mass is 464 g/mol. The van der Waals surface area contributed by atoms with E-state index in [9.17, 15) is 9.59 Å². The summed E-state index contributed by atoms with van der Waals surface area (Å²) in [4.78, 5) is 26.3. The predicted octanol–water partition coefficient (Wildman–Crippen LogP) is 4.84. The zero-order valence-corrected chi connectivity index (χ0v) is 18.9. The van der Waals surface area contributed by atoms with Crippen LogP contribution < -0.4 is 15.2 Å². The first-order chi connectivity index (χ1) is 14.9. The molecule has 0 aliphatic heterocycles. The molecule has 0 unspecified atom stereocenters. The first-order valence-corrected chi connectivity index (χ1v) is 11.0. The molecule has 0 spiro atoms. The number of hydrogen-bond acceptors (Lipinski definition) is 4. The van der Waals surface area contributed by atoms with Gasteiger partial charge in [-0.1, -0.05) is 48.5 Å². The predicted molar refractivity (Wildman–Crippen MR) is 121 cm³/mol. The van der Waals surface area contributed by atoms with Crippen molar-refractivity contribution in [2.24, 2.45) is 5.73 Å². The molecule has 1 aliphatic carbocycles. The van der Waals surface area contributed by atoms with Crippen LogP contribution in [-0.2, 0) is 11.3 Å². The lowest BCUT2D eigenvalue weighted by Crippen LogP contribution is -2.41. The van der Waals surface area contributed by atoms with Gasteiger partial charge in [0, 0.05) is 18.2 Å². The van der Waals surface area contributed by atoms with Gasteiger partial charge in [0.15, 0.2) is 18.1 Å². The molecule has 2 aromatic carbocycles. The van der Waals surface area contributed by atoms with E-state index in [0.29, 0.717) is 33.7 Å². The molecule has 31 heavy (non-hydrogen) atoms. The highest BCUT2D eigenvalue weighted by atomic mass is 35.5. The van der Waals surface area contributed by atoms with Gasteiger partial charge in [-0.3, -0.25) is 9.59 Å². The van der Waals surface area contributed by atoms with E-state index in [0.717, 1.165) is 31.2 Å². The minimum atomic E-state index is -0.568. The summed E-state index contributed by atoms with van der Waals surface area (Å²) < 4.78 is 10.8. The van der Waals surface area contributed by atoms with Gasteiger partial charge in [0.1, 0.15) is 0 Å². The van der Waals surface area contributed by atoms with Crippen molar-refractivity contribution in [3.63, 3.8) is 0 Å². The number of primary amides is 1. The van der Waals surface area contributed by atoms with Crippen molar-refractivity contribution in [1.29, 1.82) is 0 Å². The van der Waals surface area contributed by atoms with Crippen LogP contribution in [0.2, 0.25) is 10.0 Å². The molecule has 0 saturated heterocycles. The minimum Gasteiger partial charge on any atom is -0.493 e. The molecule has 2 aromatic rings. The third-order valence-electron chi connectivity index (χ3n) is 5.39. The average molecular weight is 465 g/mol. The number of halogens is 2. The summed E-state index contributed by atoms with van der Waals surface area (Å²) in [6.07, 6.45) is 5.30. The molecule has 0 heterocycles. The molecule has 0 radical (unpaired) electrons. The van der Waals surface area contributed by atoms with Crippen molar-refractivity contribution in [2.45, 2.75) is 44.7 Å². The Morgan fingerprint density at radius 1 is 1.03 bits per heavy atom. The van der Waals surface area contributed by atoms with Crippen LogP contribution in [0.3, 0.4) is 0 Å². The zero-order valence-electron chi connectivity index (χ0n) is 17.4. The van der Waals surface area contributed by atoms with E-state index in [1.165, 1.54) is 13.5 Å². The summed E-state index contributed by atoms with van der Waals surface area (Å²) in [5.41, 5.74) is 6.55. The van der Waals surface area contributed by atoms with Crippen molar-refractivity contribution < 1.29 is 19.1 Å². The number of nitrogens with two attached hydrogens (primary N) is 1. The maximum absolute atomic E-state index is 13.4. The summed E-state index contributed by atoms with van der Waals surface area (Å²) in [6.45, 7) is 0.177. The normalized spacial score (nSPS) is 14.2. The Morgan fingerprint density at radius 3 is 2.42 bits per heavy atom. The van der Waals surface area contributed by atoms with Gasteiger partial charge in [0.05, 0.1) is 17.2 Å². The highest BCUT2D eigenvalue weighted by Crippen LogP contribution is 2.31. The Bertz CT molecular complexity index is 945. The lowest BCUT2D eigenvalue weighted by Gasteiger charge is -2.35. The van der Waals surface area contributed by atoms with E-state index in [1.807, 2.05) is 17.0 Å². The molecule has 0 atom stereocenters. The third-order valence-corrected chi connectivity index (χ3v) is 6.13. The lowest BCUT2D eigenvalue weighted by molar-refractivity contribution is -0.119. The molecule has 1 saturated carbocycles. The van der Waals surface area contributed by atoms with Crippen LogP contribution in [0.4, 0.5) is 0 Å². The zero-order chi connectivity index (χ0) is 22.4. The fourth-order valence-electron chi connectivity index (χ4n) is 3.83. The molecular formula is C23H26Cl2N2O4. The van der Waals surface area contributed by atoms with Crippen LogP contribution in [0.25, 0.3) is 0 Å². The number of benzene rings is 2. The van der Waals surface area contributed by atoms with Crippen LogP contribution in [0.15, 0.2) is 36.4 Å². The Kier molecular flexibility index (Phi) is 8.04. The van der Waals surface area contributed by atoms with Crippen LogP contribution in [0.5, 0.6) is 11.5 Å². The van der Waals surface area contributed by atoms with E-state index in [-0.39, 0.29) is 18.6 Å². The summed E-state index contributed by atoms with van der Waals surface area (Å²) >= 11 is 12.2. The van der Waals surface area contributed by atoms with E-state index >= 15 is 0 Å². The molecule has 2 amide bonds. The second-order valence-corrected chi connectivity index (χ2v) is 8.41. The smallest absolute Gasteiger partial charge is 0.255 e. The van der Waals surface area contributed by atoms with E-state index in [2.05, 4.69) is 0 Å². The van der Waals surface area contributed by atoms with Crippen molar-refractivity contribution in [1.82, 2.24) is 4.90 Å². The summed E-state index contributed by atoms with van der Waals surface area (Å²) in [5.74, 6) is 0.245. The number of carbonyl (C=O) groups is 2. The molecular weight excluding hydrogens is 439 g/mol. The molecule has 8 heteroatoms. The molecule has 2 N–H and O–H groups in total. The van der Waals surface area contributed by atoms with Crippen LogP contribution in [0.1, 0.15) is 48.0 Å². The van der Waals surface area contributed by atoms with Gasteiger partial charge in [0.2, 0.25) is 0 Å². The van der Waals surface area contributed by atoms with Crippen molar-refractivity contribution in [2.75, 3.05) is 13.7 Å². The third kappa shape index (κ3) is 6.05. The summed E-state index contributed by atoms with van der Waals surface area (Å²) in [6, 6.07) is 10.5. The second-order valence-electron chi connectivity index (χ2n) is 7.59. The highest BCUT2D eigenvalue weighted by molar-refractivity contribution is 6.42. The minimum absolute atomic E-state index is 0.0847. The van der Waals surface area contributed by atoms with Gasteiger partial charge in [-0.05, 0) is 48.7 Å². The van der Waals surface area contributed by atoms with Crippen molar-refractivity contribution in [3.8, 4) is 11.5 Å². The summed E-state index contributed by atoms with van der Waals surface area (Å²) in [7, 11) is 1.52. The molecule has 1 fully saturated rings. The Hall–Kier alpha value is -2.44. The van der Waals surface area contributed by atoms with Crippen LogP contribution in [-0.4, -0.2) is 36.5 Å². The number of amides is 2.